The number of nitrogens with one attached hydrogen (secondary N) is 1. The molecule has 1 amide bonds. The van der Waals surface area contributed by atoms with E-state index in [4.69, 9.17) is 4.74 Å². The lowest BCUT2D eigenvalue weighted by molar-refractivity contribution is 0.0981. The van der Waals surface area contributed by atoms with Crippen molar-refractivity contribution in [2.24, 2.45) is 0 Å². The molecule has 32 heavy (non-hydrogen) atoms. The van der Waals surface area contributed by atoms with Gasteiger partial charge in [-0.05, 0) is 46.9 Å². The SMILES string of the molecule is COc1ccc(C(C)(C)C)cc1S(=O)(=O)NC(=O)c1ccc(Cn2cccn2)c(C#N)c1. The highest BCUT2D eigenvalue weighted by Crippen LogP contribution is 2.30. The fraction of sp³-hybridized carbons (Fsp3) is 0.261. The van der Waals surface area contributed by atoms with Crippen LogP contribution in [0.15, 0.2) is 59.8 Å². The molecule has 0 aliphatic heterocycles. The molecule has 1 N–H and O–H groups in total. The van der Waals surface area contributed by atoms with Crippen molar-refractivity contribution in [1.82, 2.24) is 14.5 Å². The first-order chi connectivity index (χ1) is 15.0. The first kappa shape index (κ1) is 23.0. The van der Waals surface area contributed by atoms with Crippen LogP contribution in [0.1, 0.15) is 47.8 Å². The fourth-order valence-corrected chi connectivity index (χ4v) is 4.29. The van der Waals surface area contributed by atoms with Gasteiger partial charge in [0.2, 0.25) is 0 Å². The second kappa shape index (κ2) is 8.85. The summed E-state index contributed by atoms with van der Waals surface area (Å²) in [6.07, 6.45) is 3.38. The van der Waals surface area contributed by atoms with E-state index in [1.165, 1.54) is 25.3 Å². The maximum Gasteiger partial charge on any atom is 0.268 e. The number of methoxy groups -OCH3 is 1. The number of carbonyl (C=O) groups is 1. The molecule has 166 valence electrons. The molecular formula is C23H24N4O4S. The Labute approximate surface area is 187 Å². The molecule has 0 saturated heterocycles. The minimum absolute atomic E-state index is 0.0558. The molecule has 0 unspecified atom stereocenters. The molecule has 0 aliphatic rings. The summed E-state index contributed by atoms with van der Waals surface area (Å²) < 4.78 is 35.0. The molecule has 0 radical (unpaired) electrons. The van der Waals surface area contributed by atoms with Gasteiger partial charge in [0.1, 0.15) is 10.6 Å². The predicted molar refractivity (Wildman–Crippen MR) is 119 cm³/mol. The Morgan fingerprint density at radius 3 is 2.56 bits per heavy atom. The topological polar surface area (TPSA) is 114 Å². The van der Waals surface area contributed by atoms with Crippen LogP contribution in [0.5, 0.6) is 5.75 Å². The first-order valence-electron chi connectivity index (χ1n) is 9.81. The zero-order valence-electron chi connectivity index (χ0n) is 18.3. The Bertz CT molecular complexity index is 1280. The minimum Gasteiger partial charge on any atom is -0.495 e. The lowest BCUT2D eigenvalue weighted by Crippen LogP contribution is -2.31. The number of sulfonamides is 1. The van der Waals surface area contributed by atoms with E-state index in [-0.39, 0.29) is 27.2 Å². The Balaban J connectivity index is 1.90. The van der Waals surface area contributed by atoms with Gasteiger partial charge in [-0.1, -0.05) is 32.9 Å². The molecule has 0 atom stereocenters. The number of rotatable bonds is 6. The predicted octanol–water partition coefficient (Wildman–Crippen LogP) is 3.23. The Hall–Kier alpha value is -3.64. The molecule has 1 heterocycles. The molecule has 2 aromatic carbocycles. The standard InChI is InChI=1S/C23H24N4O4S/c1-23(2,3)19-8-9-20(31-4)21(13-19)32(29,30)26-22(28)16-6-7-17(18(12-16)14-24)15-27-11-5-10-25-27/h5-13H,15H2,1-4H3,(H,26,28). The summed E-state index contributed by atoms with van der Waals surface area (Å²) in [5.41, 5.74) is 1.46. The second-order valence-corrected chi connectivity index (χ2v) is 9.89. The number of aromatic nitrogens is 2. The van der Waals surface area contributed by atoms with E-state index in [9.17, 15) is 18.5 Å². The van der Waals surface area contributed by atoms with Crippen LogP contribution in [0.25, 0.3) is 0 Å². The van der Waals surface area contributed by atoms with Crippen LogP contribution in [0.3, 0.4) is 0 Å². The quantitative estimate of drug-likeness (QED) is 0.614. The zero-order chi connectivity index (χ0) is 23.5. The summed E-state index contributed by atoms with van der Waals surface area (Å²) in [5.74, 6) is -0.707. The third kappa shape index (κ3) is 4.98. The Kier molecular flexibility index (Phi) is 6.37. The van der Waals surface area contributed by atoms with Crippen molar-refractivity contribution >= 4 is 15.9 Å². The molecule has 0 saturated carbocycles. The van der Waals surface area contributed by atoms with Crippen LogP contribution in [0, 0.1) is 11.3 Å². The van der Waals surface area contributed by atoms with Gasteiger partial charge in [-0.2, -0.15) is 10.4 Å². The van der Waals surface area contributed by atoms with Crippen LogP contribution in [-0.4, -0.2) is 31.2 Å². The molecule has 0 bridgehead atoms. The second-order valence-electron chi connectivity index (χ2n) is 8.24. The third-order valence-electron chi connectivity index (χ3n) is 4.93. The fourth-order valence-electron chi connectivity index (χ4n) is 3.12. The average molecular weight is 453 g/mol. The van der Waals surface area contributed by atoms with Gasteiger partial charge in [0, 0.05) is 18.0 Å². The Morgan fingerprint density at radius 1 is 1.22 bits per heavy atom. The highest BCUT2D eigenvalue weighted by Gasteiger charge is 2.26. The average Bonchev–Trinajstić information content (AvgIpc) is 3.25. The van der Waals surface area contributed by atoms with Crippen molar-refractivity contribution in [1.29, 1.82) is 5.26 Å². The number of carbonyl (C=O) groups excluding carboxylic acids is 1. The number of ether oxygens (including phenoxy) is 1. The van der Waals surface area contributed by atoms with E-state index in [1.54, 1.807) is 41.3 Å². The number of nitrogens with zero attached hydrogens (tertiary/aromatic N) is 3. The van der Waals surface area contributed by atoms with Gasteiger partial charge in [-0.3, -0.25) is 9.48 Å². The van der Waals surface area contributed by atoms with Gasteiger partial charge in [-0.15, -0.1) is 0 Å². The molecular weight excluding hydrogens is 428 g/mol. The summed E-state index contributed by atoms with van der Waals surface area (Å²) in [6.45, 7) is 6.22. The van der Waals surface area contributed by atoms with Crippen molar-refractivity contribution in [2.45, 2.75) is 37.6 Å². The van der Waals surface area contributed by atoms with Crippen molar-refractivity contribution in [2.75, 3.05) is 7.11 Å². The minimum atomic E-state index is -4.23. The summed E-state index contributed by atoms with van der Waals surface area (Å²) in [6, 6.07) is 13.1. The van der Waals surface area contributed by atoms with Crippen molar-refractivity contribution in [3.05, 3.63) is 77.1 Å². The summed E-state index contributed by atoms with van der Waals surface area (Å²) in [4.78, 5) is 12.6. The molecule has 0 fully saturated rings. The van der Waals surface area contributed by atoms with Gasteiger partial charge in [0.25, 0.3) is 15.9 Å². The third-order valence-corrected chi connectivity index (χ3v) is 6.28. The van der Waals surface area contributed by atoms with Gasteiger partial charge < -0.3 is 4.74 Å². The van der Waals surface area contributed by atoms with Gasteiger partial charge in [-0.25, -0.2) is 13.1 Å². The molecule has 8 nitrogen and oxygen atoms in total. The highest BCUT2D eigenvalue weighted by atomic mass is 32.2. The molecule has 1 aromatic heterocycles. The molecule has 3 aromatic rings. The lowest BCUT2D eigenvalue weighted by atomic mass is 9.87. The van der Waals surface area contributed by atoms with Crippen molar-refractivity contribution < 1.29 is 17.9 Å². The molecule has 9 heteroatoms. The lowest BCUT2D eigenvalue weighted by Gasteiger charge is -2.21. The van der Waals surface area contributed by atoms with E-state index >= 15 is 0 Å². The highest BCUT2D eigenvalue weighted by molar-refractivity contribution is 7.90. The molecule has 0 aliphatic carbocycles. The zero-order valence-corrected chi connectivity index (χ0v) is 19.1. The van der Waals surface area contributed by atoms with Gasteiger partial charge in [0.05, 0.1) is 25.3 Å². The van der Waals surface area contributed by atoms with Crippen LogP contribution < -0.4 is 9.46 Å². The van der Waals surface area contributed by atoms with Crippen LogP contribution in [-0.2, 0) is 22.0 Å². The van der Waals surface area contributed by atoms with Crippen molar-refractivity contribution in [3.63, 3.8) is 0 Å². The van der Waals surface area contributed by atoms with E-state index in [1.807, 2.05) is 26.8 Å². The monoisotopic (exact) mass is 452 g/mol. The largest absolute Gasteiger partial charge is 0.495 e. The van der Waals surface area contributed by atoms with Crippen LogP contribution >= 0.6 is 0 Å². The van der Waals surface area contributed by atoms with E-state index in [0.29, 0.717) is 12.1 Å². The smallest absolute Gasteiger partial charge is 0.268 e. The number of hydrogen-bond donors (Lipinski definition) is 1. The normalized spacial score (nSPS) is 11.6. The molecule has 3 rings (SSSR count). The Morgan fingerprint density at radius 2 is 1.97 bits per heavy atom. The maximum absolute atomic E-state index is 13.0. The number of nitriles is 1. The van der Waals surface area contributed by atoms with E-state index < -0.39 is 15.9 Å². The van der Waals surface area contributed by atoms with Crippen molar-refractivity contribution in [3.8, 4) is 11.8 Å². The summed E-state index contributed by atoms with van der Waals surface area (Å²) in [7, 11) is -2.86. The van der Waals surface area contributed by atoms with Crippen LogP contribution in [0.4, 0.5) is 0 Å². The van der Waals surface area contributed by atoms with E-state index in [0.717, 1.165) is 5.56 Å². The number of hydrogen-bond acceptors (Lipinski definition) is 6. The maximum atomic E-state index is 13.0. The number of amides is 1. The summed E-state index contributed by atoms with van der Waals surface area (Å²) in [5, 5.41) is 13.6. The number of benzene rings is 2. The first-order valence-corrected chi connectivity index (χ1v) is 11.3. The van der Waals surface area contributed by atoms with Gasteiger partial charge in [0.15, 0.2) is 0 Å². The summed E-state index contributed by atoms with van der Waals surface area (Å²) >= 11 is 0. The molecule has 0 spiro atoms. The van der Waals surface area contributed by atoms with Gasteiger partial charge >= 0.3 is 0 Å². The van der Waals surface area contributed by atoms with E-state index in [2.05, 4.69) is 9.82 Å². The van der Waals surface area contributed by atoms with Crippen LogP contribution in [0.2, 0.25) is 0 Å².